The molecule has 4 aromatic carbocycles. The fourth-order valence-corrected chi connectivity index (χ4v) is 4.89. The molecule has 0 atom stereocenters. The van der Waals surface area contributed by atoms with Crippen LogP contribution in [0.4, 0.5) is 18.9 Å². The van der Waals surface area contributed by atoms with Crippen LogP contribution in [0.15, 0.2) is 84.0 Å². The Labute approximate surface area is 249 Å². The standard InChI is InChI=1S/C31H26ClF3N4O4/c32-26-17-20(5-11-27(26)40)30(42)37-36-18-21-6-12-28(25-4-2-1-3-24(21)25)43-19-29(41)39-15-13-38(14-16-39)23-9-7-22(8-10-23)31(33,34)35/h1-12,17-18,40H,13-16,19H2,(H,37,42). The van der Waals surface area contributed by atoms with E-state index in [2.05, 4.69) is 10.5 Å². The molecule has 0 spiro atoms. The molecule has 12 heteroatoms. The van der Waals surface area contributed by atoms with Crippen LogP contribution in [0.25, 0.3) is 10.8 Å². The first-order valence-electron chi connectivity index (χ1n) is 13.3. The molecule has 1 aliphatic rings. The molecule has 0 saturated carbocycles. The molecule has 8 nitrogen and oxygen atoms in total. The van der Waals surface area contributed by atoms with Crippen molar-refractivity contribution in [2.45, 2.75) is 6.18 Å². The third kappa shape index (κ3) is 7.00. The van der Waals surface area contributed by atoms with Gasteiger partial charge in [0, 0.05) is 48.4 Å². The van der Waals surface area contributed by atoms with Crippen molar-refractivity contribution in [2.24, 2.45) is 5.10 Å². The minimum absolute atomic E-state index is 0.0529. The van der Waals surface area contributed by atoms with Crippen LogP contribution in [0.1, 0.15) is 21.5 Å². The van der Waals surface area contributed by atoms with Crippen molar-refractivity contribution in [2.75, 3.05) is 37.7 Å². The summed E-state index contributed by atoms with van der Waals surface area (Å²) < 4.78 is 44.5. The summed E-state index contributed by atoms with van der Waals surface area (Å²) in [6.45, 7) is 1.64. The Morgan fingerprint density at radius 2 is 1.65 bits per heavy atom. The molecule has 0 aromatic heterocycles. The molecule has 5 rings (SSSR count). The number of anilines is 1. The number of alkyl halides is 3. The Balaban J connectivity index is 1.18. The number of benzene rings is 4. The number of carbonyl (C=O) groups excluding carboxylic acids is 2. The highest BCUT2D eigenvalue weighted by Gasteiger charge is 2.30. The van der Waals surface area contributed by atoms with E-state index < -0.39 is 17.6 Å². The average Bonchev–Trinajstić information content (AvgIpc) is 3.01. The molecular weight excluding hydrogens is 585 g/mol. The normalized spacial score (nSPS) is 13.9. The van der Waals surface area contributed by atoms with Crippen molar-refractivity contribution in [1.82, 2.24) is 10.3 Å². The fourth-order valence-electron chi connectivity index (χ4n) is 4.71. The van der Waals surface area contributed by atoms with Crippen molar-refractivity contribution < 1.29 is 32.6 Å². The molecule has 1 heterocycles. The average molecular weight is 611 g/mol. The summed E-state index contributed by atoms with van der Waals surface area (Å²) in [5, 5.41) is 15.2. The maximum Gasteiger partial charge on any atom is 0.416 e. The highest BCUT2D eigenvalue weighted by Crippen LogP contribution is 2.31. The number of hydrogen-bond donors (Lipinski definition) is 2. The molecule has 0 bridgehead atoms. The lowest BCUT2D eigenvalue weighted by Gasteiger charge is -2.36. The smallest absolute Gasteiger partial charge is 0.416 e. The van der Waals surface area contributed by atoms with Gasteiger partial charge in [0.1, 0.15) is 11.5 Å². The number of ether oxygens (including phenoxy) is 1. The SMILES string of the molecule is O=C(NN=Cc1ccc(OCC(=O)N2CCN(c3ccc(C(F)(F)F)cc3)CC2)c2ccccc12)c1ccc(O)c(Cl)c1. The molecule has 0 unspecified atom stereocenters. The lowest BCUT2D eigenvalue weighted by atomic mass is 10.0. The summed E-state index contributed by atoms with van der Waals surface area (Å²) in [6.07, 6.45) is -2.89. The first kappa shape index (κ1) is 29.7. The van der Waals surface area contributed by atoms with Gasteiger partial charge in [-0.3, -0.25) is 9.59 Å². The minimum atomic E-state index is -4.38. The van der Waals surface area contributed by atoms with Gasteiger partial charge in [0.2, 0.25) is 0 Å². The van der Waals surface area contributed by atoms with E-state index in [0.29, 0.717) is 43.2 Å². The summed E-state index contributed by atoms with van der Waals surface area (Å²) >= 11 is 5.87. The zero-order valence-corrected chi connectivity index (χ0v) is 23.4. The Kier molecular flexibility index (Phi) is 8.72. The number of carbonyl (C=O) groups is 2. The zero-order chi connectivity index (χ0) is 30.6. The molecule has 4 aromatic rings. The highest BCUT2D eigenvalue weighted by molar-refractivity contribution is 6.32. The fraction of sp³-hybridized carbons (Fsp3) is 0.194. The van der Waals surface area contributed by atoms with E-state index >= 15 is 0 Å². The summed E-state index contributed by atoms with van der Waals surface area (Å²) in [6, 6.07) is 20.0. The molecule has 1 fully saturated rings. The van der Waals surface area contributed by atoms with Crippen LogP contribution >= 0.6 is 11.6 Å². The van der Waals surface area contributed by atoms with Gasteiger partial charge in [0.05, 0.1) is 16.8 Å². The summed E-state index contributed by atoms with van der Waals surface area (Å²) in [4.78, 5) is 28.9. The third-order valence-corrected chi connectivity index (χ3v) is 7.34. The predicted molar refractivity (Wildman–Crippen MR) is 158 cm³/mol. The van der Waals surface area contributed by atoms with Gasteiger partial charge in [-0.15, -0.1) is 0 Å². The van der Waals surface area contributed by atoms with Crippen molar-refractivity contribution in [3.8, 4) is 11.5 Å². The maximum atomic E-state index is 12.9. The number of phenols is 1. The molecular formula is C31H26ClF3N4O4. The van der Waals surface area contributed by atoms with E-state index in [1.165, 1.54) is 36.5 Å². The van der Waals surface area contributed by atoms with E-state index in [4.69, 9.17) is 16.3 Å². The van der Waals surface area contributed by atoms with Crippen LogP contribution in [-0.2, 0) is 11.0 Å². The number of halogens is 4. The number of nitrogens with one attached hydrogen (secondary N) is 1. The third-order valence-electron chi connectivity index (χ3n) is 7.04. The number of hydrogen-bond acceptors (Lipinski definition) is 6. The lowest BCUT2D eigenvalue weighted by molar-refractivity contribution is -0.137. The van der Waals surface area contributed by atoms with E-state index in [0.717, 1.165) is 22.9 Å². The number of fused-ring (bicyclic) bond motifs is 1. The molecule has 43 heavy (non-hydrogen) atoms. The van der Waals surface area contributed by atoms with E-state index in [9.17, 15) is 27.9 Å². The van der Waals surface area contributed by atoms with Crippen molar-refractivity contribution in [3.05, 3.63) is 101 Å². The van der Waals surface area contributed by atoms with Gasteiger partial charge < -0.3 is 19.6 Å². The van der Waals surface area contributed by atoms with Crippen LogP contribution in [0.3, 0.4) is 0 Å². The Hall–Kier alpha value is -4.77. The summed E-state index contributed by atoms with van der Waals surface area (Å²) in [5.74, 6) is -0.316. The van der Waals surface area contributed by atoms with Crippen molar-refractivity contribution >= 4 is 46.1 Å². The number of amides is 2. The first-order valence-corrected chi connectivity index (χ1v) is 13.6. The van der Waals surface area contributed by atoms with Gasteiger partial charge in [0.25, 0.3) is 11.8 Å². The maximum absolute atomic E-state index is 12.9. The van der Waals surface area contributed by atoms with Crippen LogP contribution in [0.5, 0.6) is 11.5 Å². The lowest BCUT2D eigenvalue weighted by Crippen LogP contribution is -2.50. The largest absolute Gasteiger partial charge is 0.506 e. The number of hydrazone groups is 1. The van der Waals surface area contributed by atoms with Crippen LogP contribution in [-0.4, -0.2) is 60.8 Å². The van der Waals surface area contributed by atoms with Gasteiger partial charge >= 0.3 is 6.18 Å². The number of phenolic OH excluding ortho intramolecular Hbond substituents is 1. The molecule has 1 aliphatic heterocycles. The van der Waals surface area contributed by atoms with Gasteiger partial charge in [0.15, 0.2) is 6.61 Å². The first-order chi connectivity index (χ1) is 20.6. The topological polar surface area (TPSA) is 94.5 Å². The number of piperazine rings is 1. The molecule has 2 N–H and O–H groups in total. The Bertz CT molecular complexity index is 1670. The quantitative estimate of drug-likeness (QED) is 0.207. The monoisotopic (exact) mass is 610 g/mol. The van der Waals surface area contributed by atoms with Crippen molar-refractivity contribution in [3.63, 3.8) is 0 Å². The second-order valence-electron chi connectivity index (χ2n) is 9.76. The number of aromatic hydroxyl groups is 1. The highest BCUT2D eigenvalue weighted by atomic mass is 35.5. The minimum Gasteiger partial charge on any atom is -0.506 e. The molecule has 222 valence electrons. The van der Waals surface area contributed by atoms with Crippen LogP contribution < -0.4 is 15.1 Å². The van der Waals surface area contributed by atoms with E-state index in [1.807, 2.05) is 29.2 Å². The van der Waals surface area contributed by atoms with Crippen molar-refractivity contribution in [1.29, 1.82) is 0 Å². The molecule has 2 amide bonds. The predicted octanol–water partition coefficient (Wildman–Crippen LogP) is 5.71. The molecule has 1 saturated heterocycles. The molecule has 0 aliphatic carbocycles. The molecule has 0 radical (unpaired) electrons. The van der Waals surface area contributed by atoms with Gasteiger partial charge in [-0.25, -0.2) is 5.43 Å². The zero-order valence-electron chi connectivity index (χ0n) is 22.6. The Morgan fingerprint density at radius 3 is 2.33 bits per heavy atom. The Morgan fingerprint density at radius 1 is 0.953 bits per heavy atom. The van der Waals surface area contributed by atoms with E-state index in [1.54, 1.807) is 17.0 Å². The van der Waals surface area contributed by atoms with Crippen LogP contribution in [0.2, 0.25) is 5.02 Å². The van der Waals surface area contributed by atoms with Gasteiger partial charge in [-0.05, 0) is 60.0 Å². The number of nitrogens with zero attached hydrogens (tertiary/aromatic N) is 3. The second-order valence-corrected chi connectivity index (χ2v) is 10.2. The van der Waals surface area contributed by atoms with Gasteiger partial charge in [-0.1, -0.05) is 35.9 Å². The number of rotatable bonds is 7. The summed E-state index contributed by atoms with van der Waals surface area (Å²) in [5.41, 5.74) is 3.35. The van der Waals surface area contributed by atoms with E-state index in [-0.39, 0.29) is 28.8 Å². The van der Waals surface area contributed by atoms with Gasteiger partial charge in [-0.2, -0.15) is 18.3 Å². The second kappa shape index (κ2) is 12.6. The summed E-state index contributed by atoms with van der Waals surface area (Å²) in [7, 11) is 0. The van der Waals surface area contributed by atoms with Crippen LogP contribution in [0, 0.1) is 0 Å².